The Kier molecular flexibility index (Phi) is 5.96. The number of esters is 1. The molecule has 0 amide bonds. The number of benzene rings is 1. The van der Waals surface area contributed by atoms with Crippen LogP contribution in [0.5, 0.6) is 0 Å². The third-order valence-corrected chi connectivity index (χ3v) is 8.94. The summed E-state index contributed by atoms with van der Waals surface area (Å²) in [5.41, 5.74) is 0.824. The van der Waals surface area contributed by atoms with E-state index in [9.17, 15) is 23.1 Å². The van der Waals surface area contributed by atoms with Crippen molar-refractivity contribution in [1.82, 2.24) is 4.90 Å². The molecule has 1 saturated carbocycles. The summed E-state index contributed by atoms with van der Waals surface area (Å²) in [5.74, 6) is -0.495. The Labute approximate surface area is 198 Å². The minimum atomic E-state index is -4.36. The number of carbonyl (C=O) groups is 1. The molecule has 2 heterocycles. The van der Waals surface area contributed by atoms with Gasteiger partial charge >= 0.3 is 12.1 Å². The molecule has 0 bridgehead atoms. The highest BCUT2D eigenvalue weighted by Crippen LogP contribution is 2.56. The van der Waals surface area contributed by atoms with Gasteiger partial charge in [-0.15, -0.1) is 0 Å². The van der Waals surface area contributed by atoms with Crippen LogP contribution in [0.4, 0.5) is 18.9 Å². The van der Waals surface area contributed by atoms with Crippen LogP contribution in [0.15, 0.2) is 35.9 Å². The second-order valence-electron chi connectivity index (χ2n) is 10.6. The third-order valence-electron chi connectivity index (χ3n) is 8.94. The standard InChI is InChI=1S/C26H33F3N2O3/c1-16-5-3-6-17-14-21-22(23(32)25(16,17)2)20(24(33)34-21)15-30-9-11-31(12-10-30)19-8-4-7-18(13-19)26(27,28)29/h4,6-8,13,16,20-23,32H,3,5,9-12,14-15H2,1-2H3/t16?,20?,21-,22-,23?,25-/m1/s1. The molecule has 6 atom stereocenters. The van der Waals surface area contributed by atoms with Gasteiger partial charge in [0.25, 0.3) is 0 Å². The molecule has 0 radical (unpaired) electrons. The zero-order valence-electron chi connectivity index (χ0n) is 19.7. The minimum absolute atomic E-state index is 0.225. The first-order valence-electron chi connectivity index (χ1n) is 12.3. The molecule has 2 aliphatic carbocycles. The van der Waals surface area contributed by atoms with Crippen LogP contribution in [-0.2, 0) is 15.7 Å². The van der Waals surface area contributed by atoms with Crippen molar-refractivity contribution >= 4 is 11.7 Å². The van der Waals surface area contributed by atoms with Crippen LogP contribution < -0.4 is 4.90 Å². The van der Waals surface area contributed by atoms with Crippen molar-refractivity contribution in [2.24, 2.45) is 23.2 Å². The molecule has 1 N–H and O–H groups in total. The number of aliphatic hydroxyl groups is 1. The van der Waals surface area contributed by atoms with E-state index in [1.165, 1.54) is 17.7 Å². The molecule has 0 aromatic heterocycles. The Bertz CT molecular complexity index is 972. The molecule has 5 rings (SSSR count). The van der Waals surface area contributed by atoms with Gasteiger partial charge in [0.2, 0.25) is 0 Å². The third kappa shape index (κ3) is 3.92. The number of rotatable bonds is 3. The molecular formula is C26H33F3N2O3. The largest absolute Gasteiger partial charge is 0.461 e. The number of halogens is 3. The average molecular weight is 479 g/mol. The molecule has 0 spiro atoms. The van der Waals surface area contributed by atoms with Crippen LogP contribution in [0.25, 0.3) is 0 Å². The van der Waals surface area contributed by atoms with Gasteiger partial charge in [0.05, 0.1) is 17.6 Å². The summed E-state index contributed by atoms with van der Waals surface area (Å²) < 4.78 is 45.0. The van der Waals surface area contributed by atoms with Crippen LogP contribution in [0.3, 0.4) is 0 Å². The van der Waals surface area contributed by atoms with Gasteiger partial charge in [-0.05, 0) is 37.0 Å². The van der Waals surface area contributed by atoms with E-state index >= 15 is 0 Å². The molecule has 3 fully saturated rings. The quantitative estimate of drug-likeness (QED) is 0.524. The summed E-state index contributed by atoms with van der Waals surface area (Å²) in [6.07, 6.45) is -0.296. The van der Waals surface area contributed by atoms with Crippen molar-refractivity contribution in [3.63, 3.8) is 0 Å². The van der Waals surface area contributed by atoms with Gasteiger partial charge < -0.3 is 14.7 Å². The molecule has 8 heteroatoms. The normalized spacial score (nSPS) is 36.5. The lowest BCUT2D eigenvalue weighted by molar-refractivity contribution is -0.145. The lowest BCUT2D eigenvalue weighted by atomic mass is 9.55. The highest BCUT2D eigenvalue weighted by Gasteiger charge is 2.59. The summed E-state index contributed by atoms with van der Waals surface area (Å²) in [5, 5.41) is 11.5. The minimum Gasteiger partial charge on any atom is -0.461 e. The van der Waals surface area contributed by atoms with E-state index in [1.807, 2.05) is 4.90 Å². The Hall–Kier alpha value is -2.06. The maximum Gasteiger partial charge on any atom is 0.416 e. The summed E-state index contributed by atoms with van der Waals surface area (Å²) in [6, 6.07) is 5.44. The second-order valence-corrected chi connectivity index (χ2v) is 10.6. The number of aliphatic hydroxyl groups excluding tert-OH is 1. The number of alkyl halides is 3. The molecular weight excluding hydrogens is 445 g/mol. The van der Waals surface area contributed by atoms with Crippen LogP contribution in [-0.4, -0.2) is 60.9 Å². The maximum absolute atomic E-state index is 13.1. The van der Waals surface area contributed by atoms with Gasteiger partial charge in [-0.25, -0.2) is 0 Å². The van der Waals surface area contributed by atoms with Crippen LogP contribution in [0.2, 0.25) is 0 Å². The SMILES string of the molecule is CC1CCC=C2C[C@H]3OC(=O)C(CN4CCN(c5cccc(C(F)(F)F)c5)CC4)[C@H]3C(O)[C@@]21C. The first-order chi connectivity index (χ1) is 16.1. The average Bonchev–Trinajstić information content (AvgIpc) is 3.11. The van der Waals surface area contributed by atoms with Crippen molar-refractivity contribution in [2.45, 2.75) is 51.5 Å². The molecule has 34 heavy (non-hydrogen) atoms. The molecule has 5 nitrogen and oxygen atoms in total. The summed E-state index contributed by atoms with van der Waals surface area (Å²) in [6.45, 7) is 7.30. The van der Waals surface area contributed by atoms with Crippen molar-refractivity contribution in [1.29, 1.82) is 0 Å². The van der Waals surface area contributed by atoms with Crippen LogP contribution in [0, 0.1) is 23.2 Å². The number of piperazine rings is 1. The van der Waals surface area contributed by atoms with E-state index < -0.39 is 17.8 Å². The van der Waals surface area contributed by atoms with Gasteiger partial charge in [0, 0.05) is 56.2 Å². The number of hydrogen-bond donors (Lipinski definition) is 1. The number of allylic oxidation sites excluding steroid dienone is 1. The first-order valence-corrected chi connectivity index (χ1v) is 12.3. The molecule has 2 saturated heterocycles. The smallest absolute Gasteiger partial charge is 0.416 e. The lowest BCUT2D eigenvalue weighted by Gasteiger charge is -2.52. The van der Waals surface area contributed by atoms with E-state index in [0.29, 0.717) is 50.7 Å². The number of hydrogen-bond acceptors (Lipinski definition) is 5. The molecule has 1 aromatic rings. The van der Waals surface area contributed by atoms with E-state index in [0.717, 1.165) is 18.9 Å². The first kappa shape index (κ1) is 23.7. The maximum atomic E-state index is 13.1. The topological polar surface area (TPSA) is 53.0 Å². The number of fused-ring (bicyclic) bond motifs is 2. The highest BCUT2D eigenvalue weighted by molar-refractivity contribution is 5.76. The van der Waals surface area contributed by atoms with E-state index in [2.05, 4.69) is 24.8 Å². The number of ether oxygens (including phenoxy) is 1. The number of carbonyl (C=O) groups excluding carboxylic acids is 1. The van der Waals surface area contributed by atoms with Crippen molar-refractivity contribution < 1.29 is 27.8 Å². The lowest BCUT2D eigenvalue weighted by Crippen LogP contribution is -2.55. The molecule has 3 unspecified atom stereocenters. The highest BCUT2D eigenvalue weighted by atomic mass is 19.4. The molecule has 186 valence electrons. The molecule has 1 aromatic carbocycles. The van der Waals surface area contributed by atoms with E-state index in [1.54, 1.807) is 6.07 Å². The summed E-state index contributed by atoms with van der Waals surface area (Å²) in [7, 11) is 0. The van der Waals surface area contributed by atoms with E-state index in [4.69, 9.17) is 4.74 Å². The monoisotopic (exact) mass is 478 g/mol. The Morgan fingerprint density at radius 1 is 1.21 bits per heavy atom. The number of nitrogens with zero attached hydrogens (tertiary/aromatic N) is 2. The predicted molar refractivity (Wildman–Crippen MR) is 122 cm³/mol. The molecule has 4 aliphatic rings. The fraction of sp³-hybridized carbons (Fsp3) is 0.654. The number of anilines is 1. The fourth-order valence-electron chi connectivity index (χ4n) is 6.62. The van der Waals surface area contributed by atoms with Gasteiger partial charge in [0.1, 0.15) is 6.10 Å². The summed E-state index contributed by atoms with van der Waals surface area (Å²) in [4.78, 5) is 17.0. The van der Waals surface area contributed by atoms with Gasteiger partial charge in [-0.2, -0.15) is 13.2 Å². The van der Waals surface area contributed by atoms with Crippen molar-refractivity contribution in [3.05, 3.63) is 41.5 Å². The van der Waals surface area contributed by atoms with Crippen LogP contribution in [0.1, 0.15) is 38.7 Å². The Morgan fingerprint density at radius 3 is 2.65 bits per heavy atom. The van der Waals surface area contributed by atoms with Crippen LogP contribution >= 0.6 is 0 Å². The van der Waals surface area contributed by atoms with Crippen molar-refractivity contribution in [3.8, 4) is 0 Å². The Balaban J connectivity index is 1.26. The van der Waals surface area contributed by atoms with Gasteiger partial charge in [-0.1, -0.05) is 31.6 Å². The van der Waals surface area contributed by atoms with Gasteiger partial charge in [0.15, 0.2) is 0 Å². The summed E-state index contributed by atoms with van der Waals surface area (Å²) >= 11 is 0. The Morgan fingerprint density at radius 2 is 1.94 bits per heavy atom. The van der Waals surface area contributed by atoms with E-state index in [-0.39, 0.29) is 29.3 Å². The predicted octanol–water partition coefficient (Wildman–Crippen LogP) is 4.11. The molecule has 2 aliphatic heterocycles. The fourth-order valence-corrected chi connectivity index (χ4v) is 6.62. The van der Waals surface area contributed by atoms with Gasteiger partial charge in [-0.3, -0.25) is 9.69 Å². The zero-order valence-corrected chi connectivity index (χ0v) is 19.7. The second kappa shape index (κ2) is 8.55. The zero-order chi connectivity index (χ0) is 24.3. The van der Waals surface area contributed by atoms with Crippen molar-refractivity contribution in [2.75, 3.05) is 37.6 Å².